The number of rotatable bonds is 6. The summed E-state index contributed by atoms with van der Waals surface area (Å²) in [6.45, 7) is 8.40. The Bertz CT molecular complexity index is 647. The van der Waals surface area contributed by atoms with Crippen LogP contribution in [-0.4, -0.2) is 24.0 Å². The number of hydrogen-bond acceptors (Lipinski definition) is 1. The zero-order chi connectivity index (χ0) is 16.2. The van der Waals surface area contributed by atoms with Crippen LogP contribution in [0.5, 0.6) is 0 Å². The van der Waals surface area contributed by atoms with Crippen LogP contribution in [0, 0.1) is 5.82 Å². The maximum Gasteiger partial charge on any atom is 0.123 e. The molecular weight excluding hydrogens is 285 g/mol. The molecule has 1 heterocycles. The second-order valence-electron chi connectivity index (χ2n) is 6.53. The predicted octanol–water partition coefficient (Wildman–Crippen LogP) is 4.80. The molecule has 0 saturated carbocycles. The number of hydrogen-bond donors (Lipinski definition) is 0. The van der Waals surface area contributed by atoms with Crippen LogP contribution < -0.4 is 0 Å². The van der Waals surface area contributed by atoms with E-state index < -0.39 is 0 Å². The minimum absolute atomic E-state index is 0.167. The van der Waals surface area contributed by atoms with Crippen molar-refractivity contribution in [2.75, 3.05) is 13.1 Å². The van der Waals surface area contributed by atoms with Gasteiger partial charge in [0, 0.05) is 18.5 Å². The Balaban J connectivity index is 1.57. The molecular formula is C21H24FN. The summed E-state index contributed by atoms with van der Waals surface area (Å²) in [4.78, 5) is 2.50. The van der Waals surface area contributed by atoms with Crippen molar-refractivity contribution in [2.24, 2.45) is 0 Å². The second-order valence-corrected chi connectivity index (χ2v) is 6.53. The fourth-order valence-electron chi connectivity index (χ4n) is 3.60. The van der Waals surface area contributed by atoms with Crippen molar-refractivity contribution in [1.29, 1.82) is 0 Å². The Labute approximate surface area is 138 Å². The SMILES string of the molecule is C=C(C)C1[C@H](c2ccc(F)cc2)CN1CCCc1ccccc1. The van der Waals surface area contributed by atoms with E-state index in [-0.39, 0.29) is 5.82 Å². The summed E-state index contributed by atoms with van der Waals surface area (Å²) >= 11 is 0. The summed E-state index contributed by atoms with van der Waals surface area (Å²) in [7, 11) is 0. The Hall–Kier alpha value is -1.93. The molecule has 3 rings (SSSR count). The Kier molecular flexibility index (Phi) is 4.92. The summed E-state index contributed by atoms with van der Waals surface area (Å²) in [5.41, 5.74) is 3.82. The minimum atomic E-state index is -0.167. The predicted molar refractivity (Wildman–Crippen MR) is 94.1 cm³/mol. The largest absolute Gasteiger partial charge is 0.295 e. The first-order chi connectivity index (χ1) is 11.1. The van der Waals surface area contributed by atoms with Gasteiger partial charge in [0.2, 0.25) is 0 Å². The summed E-state index contributed by atoms with van der Waals surface area (Å²) in [6.07, 6.45) is 2.27. The molecule has 0 amide bonds. The molecule has 0 N–H and O–H groups in total. The minimum Gasteiger partial charge on any atom is -0.295 e. The van der Waals surface area contributed by atoms with Gasteiger partial charge in [-0.1, -0.05) is 54.6 Å². The molecule has 2 aromatic rings. The first-order valence-electron chi connectivity index (χ1n) is 8.34. The van der Waals surface area contributed by atoms with E-state index in [0.29, 0.717) is 12.0 Å². The van der Waals surface area contributed by atoms with Gasteiger partial charge >= 0.3 is 0 Å². The molecule has 23 heavy (non-hydrogen) atoms. The lowest BCUT2D eigenvalue weighted by molar-refractivity contribution is 0.0838. The molecule has 1 saturated heterocycles. The third-order valence-corrected chi connectivity index (χ3v) is 4.76. The van der Waals surface area contributed by atoms with Crippen molar-refractivity contribution in [1.82, 2.24) is 4.90 Å². The van der Waals surface area contributed by atoms with Gasteiger partial charge in [0.25, 0.3) is 0 Å². The van der Waals surface area contributed by atoms with Crippen molar-refractivity contribution >= 4 is 0 Å². The lowest BCUT2D eigenvalue weighted by Crippen LogP contribution is -2.55. The van der Waals surface area contributed by atoms with Crippen molar-refractivity contribution < 1.29 is 4.39 Å². The Morgan fingerprint density at radius 1 is 1.13 bits per heavy atom. The van der Waals surface area contributed by atoms with Crippen LogP contribution in [0.1, 0.15) is 30.4 Å². The van der Waals surface area contributed by atoms with Gasteiger partial charge in [-0.05, 0) is 49.6 Å². The third-order valence-electron chi connectivity index (χ3n) is 4.76. The van der Waals surface area contributed by atoms with Gasteiger partial charge in [-0.25, -0.2) is 4.39 Å². The van der Waals surface area contributed by atoms with Crippen LogP contribution >= 0.6 is 0 Å². The summed E-state index contributed by atoms with van der Waals surface area (Å²) < 4.78 is 13.1. The van der Waals surface area contributed by atoms with Gasteiger partial charge in [0.1, 0.15) is 5.82 Å². The van der Waals surface area contributed by atoms with Crippen LogP contribution in [-0.2, 0) is 6.42 Å². The highest BCUT2D eigenvalue weighted by molar-refractivity contribution is 5.30. The molecule has 1 fully saturated rings. The monoisotopic (exact) mass is 309 g/mol. The van der Waals surface area contributed by atoms with Gasteiger partial charge < -0.3 is 0 Å². The van der Waals surface area contributed by atoms with E-state index in [0.717, 1.165) is 25.9 Å². The molecule has 0 spiro atoms. The summed E-state index contributed by atoms with van der Waals surface area (Å²) in [5.74, 6) is 0.282. The summed E-state index contributed by atoms with van der Waals surface area (Å²) in [5, 5.41) is 0. The zero-order valence-electron chi connectivity index (χ0n) is 13.7. The zero-order valence-corrected chi connectivity index (χ0v) is 13.7. The van der Waals surface area contributed by atoms with Gasteiger partial charge in [-0.3, -0.25) is 4.90 Å². The maximum atomic E-state index is 13.1. The van der Waals surface area contributed by atoms with Crippen LogP contribution in [0.15, 0.2) is 66.7 Å². The van der Waals surface area contributed by atoms with Crippen molar-refractivity contribution in [3.63, 3.8) is 0 Å². The van der Waals surface area contributed by atoms with Gasteiger partial charge in [-0.15, -0.1) is 0 Å². The average Bonchev–Trinajstić information content (AvgIpc) is 2.52. The summed E-state index contributed by atoms with van der Waals surface area (Å²) in [6, 6.07) is 18.0. The molecule has 2 atom stereocenters. The first-order valence-corrected chi connectivity index (χ1v) is 8.34. The molecule has 1 nitrogen and oxygen atoms in total. The fourth-order valence-corrected chi connectivity index (χ4v) is 3.60. The molecule has 1 unspecified atom stereocenters. The first kappa shape index (κ1) is 15.9. The Morgan fingerprint density at radius 2 is 1.83 bits per heavy atom. The van der Waals surface area contributed by atoms with Crippen molar-refractivity contribution in [3.05, 3.63) is 83.7 Å². The highest BCUT2D eigenvalue weighted by atomic mass is 19.1. The number of nitrogens with zero attached hydrogens (tertiary/aromatic N) is 1. The molecule has 1 aliphatic rings. The van der Waals surface area contributed by atoms with Gasteiger partial charge in [0.15, 0.2) is 0 Å². The molecule has 1 aliphatic heterocycles. The standard InChI is InChI=1S/C21H24FN/c1-16(2)21-20(18-10-12-19(22)13-11-18)15-23(21)14-6-9-17-7-4-3-5-8-17/h3-5,7-8,10-13,20-21H,1,6,9,14-15H2,2H3/t20-,21?/m0/s1. The van der Waals surface area contributed by atoms with Crippen molar-refractivity contribution in [2.45, 2.75) is 31.7 Å². The van der Waals surface area contributed by atoms with E-state index in [1.807, 2.05) is 12.1 Å². The number of benzene rings is 2. The van der Waals surface area contributed by atoms with Crippen molar-refractivity contribution in [3.8, 4) is 0 Å². The van der Waals surface area contributed by atoms with E-state index in [4.69, 9.17) is 0 Å². The van der Waals surface area contributed by atoms with E-state index in [1.165, 1.54) is 16.7 Å². The van der Waals surface area contributed by atoms with Crippen LogP contribution in [0.3, 0.4) is 0 Å². The highest BCUT2D eigenvalue weighted by Gasteiger charge is 2.39. The van der Waals surface area contributed by atoms with Crippen LogP contribution in [0.2, 0.25) is 0 Å². The van der Waals surface area contributed by atoms with Crippen LogP contribution in [0.4, 0.5) is 4.39 Å². The number of aryl methyl sites for hydroxylation is 1. The molecule has 2 heteroatoms. The fraction of sp³-hybridized carbons (Fsp3) is 0.333. The maximum absolute atomic E-state index is 13.1. The van der Waals surface area contributed by atoms with E-state index in [9.17, 15) is 4.39 Å². The molecule has 2 aromatic carbocycles. The highest BCUT2D eigenvalue weighted by Crippen LogP contribution is 2.37. The molecule has 0 aromatic heterocycles. The molecule has 0 aliphatic carbocycles. The smallest absolute Gasteiger partial charge is 0.123 e. The average molecular weight is 309 g/mol. The Morgan fingerprint density at radius 3 is 2.48 bits per heavy atom. The quantitative estimate of drug-likeness (QED) is 0.693. The van der Waals surface area contributed by atoms with Gasteiger partial charge in [0.05, 0.1) is 0 Å². The lowest BCUT2D eigenvalue weighted by atomic mass is 9.79. The lowest BCUT2D eigenvalue weighted by Gasteiger charge is -2.49. The number of halogens is 1. The normalized spacial score (nSPS) is 21.0. The van der Waals surface area contributed by atoms with Crippen LogP contribution in [0.25, 0.3) is 0 Å². The molecule has 0 radical (unpaired) electrons. The second kappa shape index (κ2) is 7.10. The van der Waals surface area contributed by atoms with E-state index in [1.54, 1.807) is 12.1 Å². The van der Waals surface area contributed by atoms with E-state index in [2.05, 4.69) is 48.7 Å². The molecule has 120 valence electrons. The molecule has 0 bridgehead atoms. The number of likely N-dealkylation sites (tertiary alicyclic amines) is 1. The van der Waals surface area contributed by atoms with E-state index >= 15 is 0 Å². The third kappa shape index (κ3) is 3.70. The topological polar surface area (TPSA) is 3.24 Å². The van der Waals surface area contributed by atoms with Gasteiger partial charge in [-0.2, -0.15) is 0 Å².